The van der Waals surface area contributed by atoms with Gasteiger partial charge in [0.2, 0.25) is 5.78 Å². The molecule has 4 heterocycles. The van der Waals surface area contributed by atoms with Gasteiger partial charge >= 0.3 is 5.69 Å². The molecule has 0 amide bonds. The third-order valence-corrected chi connectivity index (χ3v) is 4.20. The minimum atomic E-state index is -0.347. The van der Waals surface area contributed by atoms with Gasteiger partial charge in [0.05, 0.1) is 6.54 Å². The predicted molar refractivity (Wildman–Crippen MR) is 101 cm³/mol. The van der Waals surface area contributed by atoms with Crippen LogP contribution in [0.2, 0.25) is 0 Å². The maximum Gasteiger partial charge on any atom is 0.333 e. The van der Waals surface area contributed by atoms with Gasteiger partial charge in [-0.1, -0.05) is 13.0 Å². The van der Waals surface area contributed by atoms with Gasteiger partial charge in [-0.05, 0) is 25.0 Å². The Labute approximate surface area is 154 Å². The van der Waals surface area contributed by atoms with E-state index in [-0.39, 0.29) is 23.7 Å². The maximum absolute atomic E-state index is 12.9. The van der Waals surface area contributed by atoms with E-state index >= 15 is 0 Å². The highest BCUT2D eigenvalue weighted by Gasteiger charge is 2.19. The SMILES string of the molecule is CCCn1c(=O)c2c(nc3[nH]c(C)cn32)n(Cc2cccnc2)c1=O.Cl. The lowest BCUT2D eigenvalue weighted by atomic mass is 10.3. The molecule has 0 bridgehead atoms. The van der Waals surface area contributed by atoms with Crippen molar-refractivity contribution < 1.29 is 0 Å². The minimum absolute atomic E-state index is 0. The average Bonchev–Trinajstić information content (AvgIpc) is 3.12. The summed E-state index contributed by atoms with van der Waals surface area (Å²) in [4.78, 5) is 37.5. The van der Waals surface area contributed by atoms with Crippen molar-refractivity contribution in [1.82, 2.24) is 28.5 Å². The summed E-state index contributed by atoms with van der Waals surface area (Å²) in [6, 6.07) is 3.72. The largest absolute Gasteiger partial charge is 0.333 e. The van der Waals surface area contributed by atoms with Crippen LogP contribution >= 0.6 is 12.4 Å². The molecule has 8 nitrogen and oxygen atoms in total. The summed E-state index contributed by atoms with van der Waals surface area (Å²) in [5.74, 6) is 0.554. The van der Waals surface area contributed by atoms with Crippen LogP contribution in [0.25, 0.3) is 16.9 Å². The van der Waals surface area contributed by atoms with E-state index in [9.17, 15) is 9.59 Å². The fourth-order valence-corrected chi connectivity index (χ4v) is 3.11. The van der Waals surface area contributed by atoms with Crippen LogP contribution in [0, 0.1) is 6.92 Å². The lowest BCUT2D eigenvalue weighted by Gasteiger charge is -2.10. The van der Waals surface area contributed by atoms with Gasteiger partial charge in [0.15, 0.2) is 11.2 Å². The number of hydrogen-bond donors (Lipinski definition) is 1. The van der Waals surface area contributed by atoms with Crippen LogP contribution in [0.15, 0.2) is 40.3 Å². The first-order chi connectivity index (χ1) is 12.1. The number of nitrogens with zero attached hydrogens (tertiary/aromatic N) is 5. The summed E-state index contributed by atoms with van der Waals surface area (Å²) in [7, 11) is 0. The molecule has 0 atom stereocenters. The van der Waals surface area contributed by atoms with Gasteiger partial charge in [0.1, 0.15) is 0 Å². The van der Waals surface area contributed by atoms with Crippen molar-refractivity contribution in [2.75, 3.05) is 0 Å². The van der Waals surface area contributed by atoms with E-state index in [0.29, 0.717) is 36.5 Å². The number of aromatic nitrogens is 6. The first kappa shape index (κ1) is 17.9. The average molecular weight is 375 g/mol. The lowest BCUT2D eigenvalue weighted by Crippen LogP contribution is -2.40. The molecular weight excluding hydrogens is 356 g/mol. The number of aryl methyl sites for hydroxylation is 1. The van der Waals surface area contributed by atoms with Gasteiger partial charge in [-0.15, -0.1) is 12.4 Å². The van der Waals surface area contributed by atoms with E-state index < -0.39 is 0 Å². The molecule has 9 heteroatoms. The molecule has 0 aromatic carbocycles. The number of hydrogen-bond acceptors (Lipinski definition) is 4. The van der Waals surface area contributed by atoms with Gasteiger partial charge in [-0.25, -0.2) is 4.79 Å². The molecule has 4 aromatic heterocycles. The zero-order valence-corrected chi connectivity index (χ0v) is 15.3. The molecular formula is C17H19ClN6O2. The van der Waals surface area contributed by atoms with E-state index in [1.807, 2.05) is 32.2 Å². The van der Waals surface area contributed by atoms with Crippen molar-refractivity contribution in [3.8, 4) is 0 Å². The standard InChI is InChI=1S/C17H18N6O2.ClH/c1-3-7-21-15(24)13-14(20-16-19-11(2)9-22(13)16)23(17(21)25)10-12-5-4-6-18-8-12;/h4-6,8-9H,3,7,10H2,1-2H3,(H,19,20);1H. The highest BCUT2D eigenvalue weighted by Crippen LogP contribution is 2.13. The molecule has 0 unspecified atom stereocenters. The van der Waals surface area contributed by atoms with Crippen molar-refractivity contribution >= 4 is 29.3 Å². The maximum atomic E-state index is 12.9. The quantitative estimate of drug-likeness (QED) is 0.589. The number of imidazole rings is 2. The number of pyridine rings is 1. The summed E-state index contributed by atoms with van der Waals surface area (Å²) in [6.07, 6.45) is 5.91. The monoisotopic (exact) mass is 374 g/mol. The Bertz CT molecular complexity index is 1190. The molecule has 0 aliphatic rings. The number of nitrogens with one attached hydrogen (secondary N) is 1. The van der Waals surface area contributed by atoms with Crippen molar-refractivity contribution in [1.29, 1.82) is 0 Å². The van der Waals surface area contributed by atoms with Crippen LogP contribution in [0.1, 0.15) is 24.6 Å². The fourth-order valence-electron chi connectivity index (χ4n) is 3.11. The summed E-state index contributed by atoms with van der Waals surface area (Å²) in [6.45, 7) is 4.52. The van der Waals surface area contributed by atoms with E-state index in [4.69, 9.17) is 0 Å². The molecule has 0 spiro atoms. The summed E-state index contributed by atoms with van der Waals surface area (Å²) in [5, 5.41) is 0. The second kappa shape index (κ2) is 6.80. The van der Waals surface area contributed by atoms with E-state index in [0.717, 1.165) is 11.3 Å². The van der Waals surface area contributed by atoms with Crippen molar-refractivity contribution in [3.05, 3.63) is 62.8 Å². The first-order valence-corrected chi connectivity index (χ1v) is 8.20. The Morgan fingerprint density at radius 1 is 1.23 bits per heavy atom. The smallest absolute Gasteiger partial charge is 0.328 e. The van der Waals surface area contributed by atoms with Gasteiger partial charge in [0, 0.05) is 30.8 Å². The van der Waals surface area contributed by atoms with Crippen LogP contribution < -0.4 is 11.2 Å². The lowest BCUT2D eigenvalue weighted by molar-refractivity contribution is 0.578. The third-order valence-electron chi connectivity index (χ3n) is 4.20. The molecule has 4 rings (SSSR count). The van der Waals surface area contributed by atoms with Crippen molar-refractivity contribution in [2.24, 2.45) is 0 Å². The molecule has 0 fully saturated rings. The number of fused-ring (bicyclic) bond motifs is 3. The first-order valence-electron chi connectivity index (χ1n) is 8.20. The number of halogens is 1. The van der Waals surface area contributed by atoms with Crippen molar-refractivity contribution in [2.45, 2.75) is 33.4 Å². The molecule has 0 aliphatic heterocycles. The zero-order valence-electron chi connectivity index (χ0n) is 14.5. The molecule has 4 aromatic rings. The zero-order chi connectivity index (χ0) is 17.6. The van der Waals surface area contributed by atoms with Crippen LogP contribution in [-0.2, 0) is 13.1 Å². The molecule has 136 valence electrons. The van der Waals surface area contributed by atoms with E-state index in [1.165, 1.54) is 4.57 Å². The normalized spacial score (nSPS) is 11.2. The Hall–Kier alpha value is -2.87. The molecule has 1 N–H and O–H groups in total. The number of H-pyrrole nitrogens is 1. The Morgan fingerprint density at radius 3 is 2.73 bits per heavy atom. The van der Waals surface area contributed by atoms with Crippen LogP contribution in [0.3, 0.4) is 0 Å². The number of aromatic amines is 1. The molecule has 0 saturated heterocycles. The highest BCUT2D eigenvalue weighted by atomic mass is 35.5. The van der Waals surface area contributed by atoms with Crippen LogP contribution in [-0.4, -0.2) is 28.5 Å². The van der Waals surface area contributed by atoms with E-state index in [1.54, 1.807) is 21.4 Å². The number of rotatable bonds is 4. The molecule has 26 heavy (non-hydrogen) atoms. The summed E-state index contributed by atoms with van der Waals surface area (Å²) in [5.41, 5.74) is 1.92. The Morgan fingerprint density at radius 2 is 2.04 bits per heavy atom. The van der Waals surface area contributed by atoms with Gasteiger partial charge in [-0.2, -0.15) is 4.98 Å². The topological polar surface area (TPSA) is 90.0 Å². The second-order valence-electron chi connectivity index (χ2n) is 6.10. The van der Waals surface area contributed by atoms with Gasteiger partial charge in [0.25, 0.3) is 5.56 Å². The second-order valence-corrected chi connectivity index (χ2v) is 6.10. The van der Waals surface area contributed by atoms with Crippen molar-refractivity contribution in [3.63, 3.8) is 0 Å². The molecule has 0 aliphatic carbocycles. The predicted octanol–water partition coefficient (Wildman–Crippen LogP) is 1.72. The molecule has 0 saturated carbocycles. The Kier molecular flexibility index (Phi) is 4.69. The summed E-state index contributed by atoms with van der Waals surface area (Å²) >= 11 is 0. The molecule has 0 radical (unpaired) electrons. The van der Waals surface area contributed by atoms with Gasteiger partial charge < -0.3 is 4.98 Å². The third kappa shape index (κ3) is 2.72. The van der Waals surface area contributed by atoms with Crippen LogP contribution in [0.5, 0.6) is 0 Å². The summed E-state index contributed by atoms with van der Waals surface area (Å²) < 4.78 is 4.55. The van der Waals surface area contributed by atoms with E-state index in [2.05, 4.69) is 15.0 Å². The fraction of sp³-hybridized carbons (Fsp3) is 0.294. The van der Waals surface area contributed by atoms with Gasteiger partial charge in [-0.3, -0.25) is 23.3 Å². The Balaban J connectivity index is 0.00000196. The highest BCUT2D eigenvalue weighted by molar-refractivity contribution is 5.85. The van der Waals surface area contributed by atoms with Crippen LogP contribution in [0.4, 0.5) is 0 Å². The minimum Gasteiger partial charge on any atom is -0.328 e.